The highest BCUT2D eigenvalue weighted by Gasteiger charge is 2.47. The number of esters is 2. The summed E-state index contributed by atoms with van der Waals surface area (Å²) in [5.74, 6) is -1.11. The van der Waals surface area contributed by atoms with Gasteiger partial charge in [0, 0.05) is 13.8 Å². The number of ether oxygens (including phenoxy) is 3. The highest BCUT2D eigenvalue weighted by atomic mass is 79.9. The van der Waals surface area contributed by atoms with Crippen LogP contribution in [0.4, 0.5) is 4.39 Å². The molecular formula is C10H14BrFO5. The Bertz CT molecular complexity index is 311. The van der Waals surface area contributed by atoms with E-state index in [1.54, 1.807) is 6.92 Å². The van der Waals surface area contributed by atoms with Crippen molar-refractivity contribution >= 4 is 27.9 Å². The molecule has 7 heteroatoms. The van der Waals surface area contributed by atoms with Crippen LogP contribution in [0.5, 0.6) is 0 Å². The molecule has 0 radical (unpaired) electrons. The lowest BCUT2D eigenvalue weighted by Gasteiger charge is -2.39. The molecule has 5 atom stereocenters. The zero-order chi connectivity index (χ0) is 13.2. The first-order valence-corrected chi connectivity index (χ1v) is 6.02. The molecule has 0 amide bonds. The molecule has 0 aromatic rings. The molecule has 0 aromatic heterocycles. The molecule has 0 aliphatic carbocycles. The molecule has 0 saturated carbocycles. The zero-order valence-electron chi connectivity index (χ0n) is 9.68. The molecule has 1 saturated heterocycles. The number of carbonyl (C=O) groups is 2. The first-order valence-electron chi connectivity index (χ1n) is 5.11. The quantitative estimate of drug-likeness (QED) is 0.568. The van der Waals surface area contributed by atoms with Crippen LogP contribution in [0.3, 0.4) is 0 Å². The molecule has 17 heavy (non-hydrogen) atoms. The Hall–Kier alpha value is -0.690. The minimum Gasteiger partial charge on any atom is -0.457 e. The van der Waals surface area contributed by atoms with Crippen molar-refractivity contribution in [2.45, 2.75) is 50.3 Å². The first-order chi connectivity index (χ1) is 7.82. The average molecular weight is 313 g/mol. The Morgan fingerprint density at radius 2 is 1.65 bits per heavy atom. The van der Waals surface area contributed by atoms with E-state index < -0.39 is 41.4 Å². The number of hydrogen-bond acceptors (Lipinski definition) is 5. The van der Waals surface area contributed by atoms with E-state index in [2.05, 4.69) is 15.9 Å². The fraction of sp³-hybridized carbons (Fsp3) is 0.800. The molecule has 0 N–H and O–H groups in total. The van der Waals surface area contributed by atoms with Crippen molar-refractivity contribution < 1.29 is 28.2 Å². The number of rotatable bonds is 2. The molecule has 0 unspecified atom stereocenters. The third-order valence-corrected chi connectivity index (χ3v) is 3.24. The minimum absolute atomic E-state index is 0.542. The Morgan fingerprint density at radius 3 is 2.12 bits per heavy atom. The summed E-state index contributed by atoms with van der Waals surface area (Å²) < 4.78 is 28.4. The smallest absolute Gasteiger partial charge is 0.303 e. The Labute approximate surface area is 107 Å². The van der Waals surface area contributed by atoms with Crippen LogP contribution in [-0.4, -0.2) is 41.4 Å². The molecule has 1 heterocycles. The van der Waals surface area contributed by atoms with Gasteiger partial charge in [-0.1, -0.05) is 15.9 Å². The van der Waals surface area contributed by atoms with Crippen LogP contribution in [0.25, 0.3) is 0 Å². The maximum Gasteiger partial charge on any atom is 0.303 e. The van der Waals surface area contributed by atoms with E-state index in [4.69, 9.17) is 14.2 Å². The number of alkyl halides is 2. The molecule has 0 aromatic carbocycles. The van der Waals surface area contributed by atoms with E-state index in [1.165, 1.54) is 13.8 Å². The Balaban J connectivity index is 2.86. The molecule has 1 rings (SSSR count). The van der Waals surface area contributed by atoms with Gasteiger partial charge >= 0.3 is 11.9 Å². The van der Waals surface area contributed by atoms with Crippen molar-refractivity contribution in [2.24, 2.45) is 0 Å². The van der Waals surface area contributed by atoms with E-state index in [-0.39, 0.29) is 0 Å². The summed E-state index contributed by atoms with van der Waals surface area (Å²) >= 11 is 3.04. The molecule has 1 fully saturated rings. The maximum absolute atomic E-state index is 13.4. The average Bonchev–Trinajstić information content (AvgIpc) is 2.19. The summed E-state index contributed by atoms with van der Waals surface area (Å²) in [6.07, 6.45) is -4.05. The van der Waals surface area contributed by atoms with Gasteiger partial charge in [0.15, 0.2) is 12.2 Å². The van der Waals surface area contributed by atoms with Crippen LogP contribution in [-0.2, 0) is 23.8 Å². The van der Waals surface area contributed by atoms with Crippen LogP contribution in [0.1, 0.15) is 20.8 Å². The van der Waals surface area contributed by atoms with Gasteiger partial charge in [-0.05, 0) is 6.92 Å². The monoisotopic (exact) mass is 312 g/mol. The van der Waals surface area contributed by atoms with Crippen molar-refractivity contribution in [1.29, 1.82) is 0 Å². The van der Waals surface area contributed by atoms with Gasteiger partial charge in [-0.25, -0.2) is 4.39 Å². The Kier molecular flexibility index (Phi) is 4.88. The second-order valence-corrected chi connectivity index (χ2v) is 4.84. The second-order valence-electron chi connectivity index (χ2n) is 3.78. The van der Waals surface area contributed by atoms with Crippen molar-refractivity contribution in [3.8, 4) is 0 Å². The predicted molar refractivity (Wildman–Crippen MR) is 59.3 cm³/mol. The van der Waals surface area contributed by atoms with Crippen LogP contribution in [0.2, 0.25) is 0 Å². The van der Waals surface area contributed by atoms with Crippen molar-refractivity contribution in [1.82, 2.24) is 0 Å². The van der Waals surface area contributed by atoms with Gasteiger partial charge in [0.1, 0.15) is 4.83 Å². The molecule has 1 aliphatic heterocycles. The fourth-order valence-corrected chi connectivity index (χ4v) is 2.17. The number of hydrogen-bond donors (Lipinski definition) is 0. The van der Waals surface area contributed by atoms with Gasteiger partial charge in [-0.3, -0.25) is 9.59 Å². The van der Waals surface area contributed by atoms with Gasteiger partial charge < -0.3 is 14.2 Å². The largest absolute Gasteiger partial charge is 0.457 e. The van der Waals surface area contributed by atoms with Crippen LogP contribution in [0.15, 0.2) is 0 Å². The standard InChI is InChI=1S/C10H14BrFO5/c1-4-8(16-5(2)13)9(17-6(3)14)7(11)10(12)15-4/h4,7-10H,1-3H3/t4-,7+,8-,9-,10-/m1/s1. The zero-order valence-corrected chi connectivity index (χ0v) is 11.3. The van der Waals surface area contributed by atoms with Gasteiger partial charge in [0.25, 0.3) is 0 Å². The SMILES string of the molecule is CC(=O)O[C@@H]1[C@H](Br)[C@H](F)O[C@H](C)[C@H]1OC(C)=O. The fourth-order valence-electron chi connectivity index (χ4n) is 1.63. The lowest BCUT2D eigenvalue weighted by molar-refractivity contribution is -0.218. The topological polar surface area (TPSA) is 61.8 Å². The van der Waals surface area contributed by atoms with E-state index in [0.29, 0.717) is 0 Å². The van der Waals surface area contributed by atoms with Gasteiger partial charge in [0.05, 0.1) is 6.10 Å². The van der Waals surface area contributed by atoms with Crippen LogP contribution in [0, 0.1) is 0 Å². The summed E-state index contributed by atoms with van der Waals surface area (Å²) in [6.45, 7) is 3.98. The molecule has 98 valence electrons. The maximum atomic E-state index is 13.4. The number of carbonyl (C=O) groups excluding carboxylic acids is 2. The lowest BCUT2D eigenvalue weighted by atomic mass is 10.0. The normalized spacial score (nSPS) is 37.4. The molecule has 1 aliphatic rings. The molecule has 0 bridgehead atoms. The van der Waals surface area contributed by atoms with E-state index in [1.807, 2.05) is 0 Å². The third-order valence-electron chi connectivity index (χ3n) is 2.30. The van der Waals surface area contributed by atoms with Gasteiger partial charge in [-0.15, -0.1) is 0 Å². The lowest BCUT2D eigenvalue weighted by Crippen LogP contribution is -2.56. The second kappa shape index (κ2) is 5.77. The highest BCUT2D eigenvalue weighted by Crippen LogP contribution is 2.31. The van der Waals surface area contributed by atoms with Crippen LogP contribution < -0.4 is 0 Å². The van der Waals surface area contributed by atoms with Crippen molar-refractivity contribution in [2.75, 3.05) is 0 Å². The van der Waals surface area contributed by atoms with Gasteiger partial charge in [0.2, 0.25) is 6.36 Å². The highest BCUT2D eigenvalue weighted by molar-refractivity contribution is 9.09. The van der Waals surface area contributed by atoms with Crippen molar-refractivity contribution in [3.63, 3.8) is 0 Å². The third kappa shape index (κ3) is 3.64. The molecule has 0 spiro atoms. The van der Waals surface area contributed by atoms with E-state index >= 15 is 0 Å². The molecule has 5 nitrogen and oxygen atoms in total. The van der Waals surface area contributed by atoms with Crippen molar-refractivity contribution in [3.05, 3.63) is 0 Å². The van der Waals surface area contributed by atoms with E-state index in [9.17, 15) is 14.0 Å². The van der Waals surface area contributed by atoms with E-state index in [0.717, 1.165) is 0 Å². The predicted octanol–water partition coefficient (Wildman–Crippen LogP) is 1.33. The van der Waals surface area contributed by atoms with Crippen LogP contribution >= 0.6 is 15.9 Å². The molecular weight excluding hydrogens is 299 g/mol. The summed E-state index contributed by atoms with van der Waals surface area (Å²) in [5, 5.41) is 0. The van der Waals surface area contributed by atoms with Gasteiger partial charge in [-0.2, -0.15) is 0 Å². The number of halogens is 2. The summed E-state index contributed by atoms with van der Waals surface area (Å²) in [4.78, 5) is 21.0. The first kappa shape index (κ1) is 14.4. The Morgan fingerprint density at radius 1 is 1.18 bits per heavy atom. The summed E-state index contributed by atoms with van der Waals surface area (Å²) in [5.41, 5.74) is 0. The summed E-state index contributed by atoms with van der Waals surface area (Å²) in [6, 6.07) is 0. The minimum atomic E-state index is -1.62. The summed E-state index contributed by atoms with van der Waals surface area (Å²) in [7, 11) is 0.